The lowest BCUT2D eigenvalue weighted by atomic mass is 9.67. The molecule has 0 spiro atoms. The smallest absolute Gasteiger partial charge is 0.0194 e. The molecular formula is C13H20. The predicted octanol–water partition coefficient (Wildman–Crippen LogP) is 3.63. The molecule has 0 amide bonds. The Labute approximate surface area is 81.4 Å². The van der Waals surface area contributed by atoms with Crippen molar-refractivity contribution in [2.24, 2.45) is 29.6 Å². The Morgan fingerprint density at radius 3 is 2.85 bits per heavy atom. The van der Waals surface area contributed by atoms with E-state index >= 15 is 0 Å². The summed E-state index contributed by atoms with van der Waals surface area (Å²) in [4.78, 5) is 0. The molecule has 0 nitrogen and oxygen atoms in total. The highest BCUT2D eigenvalue weighted by molar-refractivity contribution is 5.15. The third-order valence-corrected chi connectivity index (χ3v) is 4.87. The summed E-state index contributed by atoms with van der Waals surface area (Å²) in [7, 11) is 0. The fourth-order valence-electron chi connectivity index (χ4n) is 4.35. The van der Waals surface area contributed by atoms with E-state index in [2.05, 4.69) is 19.1 Å². The van der Waals surface area contributed by atoms with E-state index in [9.17, 15) is 0 Å². The first-order valence-corrected chi connectivity index (χ1v) is 6.08. The lowest BCUT2D eigenvalue weighted by molar-refractivity contribution is 0.136. The molecule has 3 aliphatic carbocycles. The Hall–Kier alpha value is -0.260. The van der Waals surface area contributed by atoms with Crippen molar-refractivity contribution in [3.05, 3.63) is 12.2 Å². The number of hydrogen-bond donors (Lipinski definition) is 0. The molecule has 3 rings (SSSR count). The van der Waals surface area contributed by atoms with Crippen LogP contribution >= 0.6 is 0 Å². The van der Waals surface area contributed by atoms with E-state index in [4.69, 9.17) is 0 Å². The van der Waals surface area contributed by atoms with Crippen molar-refractivity contribution in [2.75, 3.05) is 0 Å². The van der Waals surface area contributed by atoms with Gasteiger partial charge in [0.25, 0.3) is 0 Å². The molecule has 0 aromatic rings. The van der Waals surface area contributed by atoms with E-state index in [1.54, 1.807) is 0 Å². The number of hydrogen-bond acceptors (Lipinski definition) is 0. The van der Waals surface area contributed by atoms with E-state index in [0.717, 1.165) is 29.6 Å². The Balaban J connectivity index is 1.87. The van der Waals surface area contributed by atoms with E-state index in [1.807, 2.05) is 0 Å². The SMILES string of the molecule is CCC1CCCC2C3C=CC(C3)C12. The Kier molecular flexibility index (Phi) is 1.78. The lowest BCUT2D eigenvalue weighted by Gasteiger charge is -2.38. The summed E-state index contributed by atoms with van der Waals surface area (Å²) >= 11 is 0. The molecule has 0 aliphatic heterocycles. The molecule has 0 radical (unpaired) electrons. The molecule has 2 bridgehead atoms. The van der Waals surface area contributed by atoms with Crippen molar-refractivity contribution >= 4 is 0 Å². The highest BCUT2D eigenvalue weighted by Crippen LogP contribution is 2.56. The van der Waals surface area contributed by atoms with Gasteiger partial charge < -0.3 is 0 Å². The largest absolute Gasteiger partial charge is 0.0848 e. The third-order valence-electron chi connectivity index (χ3n) is 4.87. The van der Waals surface area contributed by atoms with Crippen LogP contribution in [0, 0.1) is 29.6 Å². The first kappa shape index (κ1) is 8.08. The first-order valence-electron chi connectivity index (χ1n) is 6.08. The van der Waals surface area contributed by atoms with Crippen LogP contribution in [0.2, 0.25) is 0 Å². The summed E-state index contributed by atoms with van der Waals surface area (Å²) in [6.45, 7) is 2.39. The maximum Gasteiger partial charge on any atom is -0.0194 e. The second-order valence-electron chi connectivity index (χ2n) is 5.29. The second-order valence-corrected chi connectivity index (χ2v) is 5.29. The van der Waals surface area contributed by atoms with Crippen LogP contribution in [0.4, 0.5) is 0 Å². The van der Waals surface area contributed by atoms with Crippen LogP contribution in [-0.4, -0.2) is 0 Å². The minimum atomic E-state index is 0.986. The topological polar surface area (TPSA) is 0 Å². The molecule has 5 unspecified atom stereocenters. The molecule has 0 N–H and O–H groups in total. The van der Waals surface area contributed by atoms with Crippen LogP contribution < -0.4 is 0 Å². The van der Waals surface area contributed by atoms with E-state index in [0.29, 0.717) is 0 Å². The zero-order valence-corrected chi connectivity index (χ0v) is 8.58. The normalized spacial score (nSPS) is 52.5. The molecule has 0 aromatic carbocycles. The number of rotatable bonds is 1. The second kappa shape index (κ2) is 2.87. The lowest BCUT2D eigenvalue weighted by Crippen LogP contribution is -2.30. The van der Waals surface area contributed by atoms with Gasteiger partial charge in [0, 0.05) is 0 Å². The molecule has 5 atom stereocenters. The van der Waals surface area contributed by atoms with E-state index in [1.165, 1.54) is 32.1 Å². The maximum atomic E-state index is 2.53. The summed E-state index contributed by atoms with van der Waals surface area (Å²) in [6.07, 6.45) is 12.5. The molecule has 3 aliphatic rings. The molecule has 0 heteroatoms. The predicted molar refractivity (Wildman–Crippen MR) is 55.3 cm³/mol. The van der Waals surface area contributed by atoms with Crippen LogP contribution in [0.1, 0.15) is 39.0 Å². The van der Waals surface area contributed by atoms with Gasteiger partial charge in [0.15, 0.2) is 0 Å². The molecular weight excluding hydrogens is 156 g/mol. The van der Waals surface area contributed by atoms with Gasteiger partial charge in [-0.2, -0.15) is 0 Å². The van der Waals surface area contributed by atoms with Gasteiger partial charge >= 0.3 is 0 Å². The average Bonchev–Trinajstić information content (AvgIpc) is 2.77. The van der Waals surface area contributed by atoms with Gasteiger partial charge in [0.1, 0.15) is 0 Å². The highest BCUT2D eigenvalue weighted by atomic mass is 14.5. The molecule has 0 heterocycles. The summed E-state index contributed by atoms with van der Waals surface area (Å²) in [5.74, 6) is 5.23. The van der Waals surface area contributed by atoms with Gasteiger partial charge in [-0.05, 0) is 42.4 Å². The standard InChI is InChI=1S/C13H20/c1-2-9-4-3-5-12-10-6-7-11(8-10)13(9)12/h6-7,9-13H,2-5,8H2,1H3. The minimum absolute atomic E-state index is 0.986. The van der Waals surface area contributed by atoms with Crippen LogP contribution in [0.25, 0.3) is 0 Å². The number of fused-ring (bicyclic) bond motifs is 5. The quantitative estimate of drug-likeness (QED) is 0.535. The van der Waals surface area contributed by atoms with Gasteiger partial charge in [0.05, 0.1) is 0 Å². The number of allylic oxidation sites excluding steroid dienone is 2. The molecule has 72 valence electrons. The van der Waals surface area contributed by atoms with Crippen molar-refractivity contribution in [1.29, 1.82) is 0 Å². The van der Waals surface area contributed by atoms with Gasteiger partial charge in [-0.3, -0.25) is 0 Å². The molecule has 2 fully saturated rings. The summed E-state index contributed by atoms with van der Waals surface area (Å²) in [5, 5.41) is 0. The van der Waals surface area contributed by atoms with Crippen LogP contribution in [0.3, 0.4) is 0 Å². The average molecular weight is 176 g/mol. The summed E-state index contributed by atoms with van der Waals surface area (Å²) in [5.41, 5.74) is 0. The molecule has 0 saturated heterocycles. The maximum absolute atomic E-state index is 2.53. The fourth-order valence-corrected chi connectivity index (χ4v) is 4.35. The Morgan fingerprint density at radius 2 is 2.00 bits per heavy atom. The van der Waals surface area contributed by atoms with Crippen molar-refractivity contribution in [1.82, 2.24) is 0 Å². The summed E-state index contributed by atoms with van der Waals surface area (Å²) < 4.78 is 0. The van der Waals surface area contributed by atoms with Crippen LogP contribution in [-0.2, 0) is 0 Å². The zero-order chi connectivity index (χ0) is 8.84. The van der Waals surface area contributed by atoms with Gasteiger partial charge in [-0.1, -0.05) is 38.3 Å². The fraction of sp³-hybridized carbons (Fsp3) is 0.846. The Morgan fingerprint density at radius 1 is 1.15 bits per heavy atom. The van der Waals surface area contributed by atoms with Gasteiger partial charge in [-0.15, -0.1) is 0 Å². The highest BCUT2D eigenvalue weighted by Gasteiger charge is 2.48. The Bertz CT molecular complexity index is 228. The van der Waals surface area contributed by atoms with E-state index in [-0.39, 0.29) is 0 Å². The molecule has 13 heavy (non-hydrogen) atoms. The van der Waals surface area contributed by atoms with Crippen molar-refractivity contribution < 1.29 is 0 Å². The summed E-state index contributed by atoms with van der Waals surface area (Å²) in [6, 6.07) is 0. The monoisotopic (exact) mass is 176 g/mol. The van der Waals surface area contributed by atoms with Crippen LogP contribution in [0.5, 0.6) is 0 Å². The van der Waals surface area contributed by atoms with Crippen LogP contribution in [0.15, 0.2) is 12.2 Å². The van der Waals surface area contributed by atoms with Crippen molar-refractivity contribution in [3.8, 4) is 0 Å². The minimum Gasteiger partial charge on any atom is -0.0848 e. The molecule has 0 aromatic heterocycles. The molecule has 2 saturated carbocycles. The van der Waals surface area contributed by atoms with E-state index < -0.39 is 0 Å². The van der Waals surface area contributed by atoms with Crippen molar-refractivity contribution in [3.63, 3.8) is 0 Å². The van der Waals surface area contributed by atoms with Gasteiger partial charge in [-0.25, -0.2) is 0 Å². The zero-order valence-electron chi connectivity index (χ0n) is 8.58. The van der Waals surface area contributed by atoms with Gasteiger partial charge in [0.2, 0.25) is 0 Å². The third kappa shape index (κ3) is 1.04. The first-order chi connectivity index (χ1) is 6.40. The van der Waals surface area contributed by atoms with Crippen molar-refractivity contribution in [2.45, 2.75) is 39.0 Å².